The van der Waals surface area contributed by atoms with Crippen LogP contribution in [0.2, 0.25) is 0 Å². The topological polar surface area (TPSA) is 63.2 Å². The average molecular weight is 305 g/mol. The molecule has 0 bridgehead atoms. The number of hydrogen-bond donors (Lipinski definition) is 1. The Bertz CT molecular complexity index is 463. The number of halogens is 3. The number of aromatic nitrogens is 3. The number of rotatable bonds is 6. The molecule has 1 saturated heterocycles. The third kappa shape index (κ3) is 4.91. The molecular formula is C12H18F3N5O. The molecule has 2 rings (SSSR count). The quantitative estimate of drug-likeness (QED) is 0.813. The van der Waals surface area contributed by atoms with Crippen molar-refractivity contribution in [1.82, 2.24) is 15.0 Å². The van der Waals surface area contributed by atoms with Crippen LogP contribution in [-0.2, 0) is 0 Å². The predicted molar refractivity (Wildman–Crippen MR) is 71.6 cm³/mol. The molecule has 1 aliphatic rings. The smallest absolute Gasteiger partial charge is 0.389 e. The zero-order chi connectivity index (χ0) is 15.3. The summed E-state index contributed by atoms with van der Waals surface area (Å²) in [5.74, 6) is 0.843. The molecule has 6 nitrogen and oxygen atoms in total. The van der Waals surface area contributed by atoms with Gasteiger partial charge in [-0.05, 0) is 19.3 Å². The summed E-state index contributed by atoms with van der Waals surface area (Å²) >= 11 is 0. The van der Waals surface area contributed by atoms with Crippen LogP contribution < -0.4 is 15.0 Å². The van der Waals surface area contributed by atoms with E-state index >= 15 is 0 Å². The van der Waals surface area contributed by atoms with Crippen molar-refractivity contribution >= 4 is 11.9 Å². The van der Waals surface area contributed by atoms with Crippen LogP contribution >= 0.6 is 0 Å². The van der Waals surface area contributed by atoms with Crippen LogP contribution in [0.25, 0.3) is 0 Å². The molecule has 1 aliphatic heterocycles. The molecule has 0 spiro atoms. The fourth-order valence-corrected chi connectivity index (χ4v) is 2.02. The van der Waals surface area contributed by atoms with Gasteiger partial charge in [-0.25, -0.2) is 0 Å². The molecule has 21 heavy (non-hydrogen) atoms. The van der Waals surface area contributed by atoms with Gasteiger partial charge in [-0.2, -0.15) is 28.1 Å². The molecule has 1 N–H and O–H groups in total. The number of ether oxygens (including phenoxy) is 1. The molecule has 1 aromatic heterocycles. The zero-order valence-electron chi connectivity index (χ0n) is 11.8. The van der Waals surface area contributed by atoms with Crippen molar-refractivity contribution in [3.63, 3.8) is 0 Å². The van der Waals surface area contributed by atoms with Crippen molar-refractivity contribution in [2.45, 2.75) is 31.9 Å². The Kier molecular flexibility index (Phi) is 5.03. The fraction of sp³-hybridized carbons (Fsp3) is 0.750. The first kappa shape index (κ1) is 15.6. The van der Waals surface area contributed by atoms with E-state index in [4.69, 9.17) is 4.74 Å². The highest BCUT2D eigenvalue weighted by Gasteiger charge is 2.26. The predicted octanol–water partition coefficient (Wildman–Crippen LogP) is 2.23. The number of nitrogens with zero attached hydrogens (tertiary/aromatic N) is 4. The van der Waals surface area contributed by atoms with E-state index in [0.717, 1.165) is 25.9 Å². The molecule has 0 saturated carbocycles. The number of anilines is 2. The summed E-state index contributed by atoms with van der Waals surface area (Å²) in [6.07, 6.45) is -3.02. The third-order valence-corrected chi connectivity index (χ3v) is 3.05. The van der Waals surface area contributed by atoms with E-state index in [1.165, 1.54) is 0 Å². The lowest BCUT2D eigenvalue weighted by molar-refractivity contribution is -0.136. The van der Waals surface area contributed by atoms with E-state index < -0.39 is 12.6 Å². The third-order valence-electron chi connectivity index (χ3n) is 3.05. The standard InChI is InChI=1S/C12H18F3N5O/c1-16-9-17-10(20-6-2-3-7-20)19-11(18-9)21-8-4-5-12(13,14)15/h2-8H2,1H3,(H,16,17,18,19). The van der Waals surface area contributed by atoms with Gasteiger partial charge in [0.2, 0.25) is 11.9 Å². The number of alkyl halides is 3. The van der Waals surface area contributed by atoms with Gasteiger partial charge in [0.25, 0.3) is 0 Å². The van der Waals surface area contributed by atoms with E-state index in [-0.39, 0.29) is 19.0 Å². The van der Waals surface area contributed by atoms with Gasteiger partial charge in [-0.15, -0.1) is 0 Å². The Morgan fingerprint density at radius 2 is 1.90 bits per heavy atom. The molecule has 1 aromatic rings. The highest BCUT2D eigenvalue weighted by molar-refractivity contribution is 5.38. The fourth-order valence-electron chi connectivity index (χ4n) is 2.02. The minimum Gasteiger partial charge on any atom is -0.463 e. The van der Waals surface area contributed by atoms with E-state index in [0.29, 0.717) is 11.9 Å². The van der Waals surface area contributed by atoms with Crippen LogP contribution in [0.15, 0.2) is 0 Å². The first-order chi connectivity index (χ1) is 9.98. The Hall–Kier alpha value is -1.80. The Morgan fingerprint density at radius 1 is 1.19 bits per heavy atom. The normalized spacial score (nSPS) is 15.3. The highest BCUT2D eigenvalue weighted by Crippen LogP contribution is 2.22. The second kappa shape index (κ2) is 6.77. The van der Waals surface area contributed by atoms with Gasteiger partial charge in [-0.3, -0.25) is 0 Å². The maximum absolute atomic E-state index is 12.1. The van der Waals surface area contributed by atoms with Crippen LogP contribution in [0.1, 0.15) is 25.7 Å². The zero-order valence-corrected chi connectivity index (χ0v) is 11.8. The van der Waals surface area contributed by atoms with Gasteiger partial charge in [0.05, 0.1) is 6.61 Å². The van der Waals surface area contributed by atoms with Crippen molar-refractivity contribution < 1.29 is 17.9 Å². The van der Waals surface area contributed by atoms with Crippen molar-refractivity contribution in [3.05, 3.63) is 0 Å². The maximum atomic E-state index is 12.1. The van der Waals surface area contributed by atoms with Crippen LogP contribution in [-0.4, -0.2) is 47.9 Å². The number of hydrogen-bond acceptors (Lipinski definition) is 6. The summed E-state index contributed by atoms with van der Waals surface area (Å²) in [6, 6.07) is 0.0541. The van der Waals surface area contributed by atoms with Crippen LogP contribution in [0.4, 0.5) is 25.1 Å². The minimum absolute atomic E-state index is 0.0541. The van der Waals surface area contributed by atoms with Gasteiger partial charge >= 0.3 is 12.2 Å². The van der Waals surface area contributed by atoms with Crippen LogP contribution in [0, 0.1) is 0 Å². The monoisotopic (exact) mass is 305 g/mol. The Morgan fingerprint density at radius 3 is 2.52 bits per heavy atom. The van der Waals surface area contributed by atoms with E-state index in [9.17, 15) is 13.2 Å². The van der Waals surface area contributed by atoms with Gasteiger partial charge in [0, 0.05) is 26.6 Å². The largest absolute Gasteiger partial charge is 0.463 e. The molecule has 0 amide bonds. The van der Waals surface area contributed by atoms with Gasteiger partial charge < -0.3 is 15.0 Å². The van der Waals surface area contributed by atoms with E-state index in [2.05, 4.69) is 20.3 Å². The second-order valence-corrected chi connectivity index (χ2v) is 4.75. The highest BCUT2D eigenvalue weighted by atomic mass is 19.4. The molecule has 0 radical (unpaired) electrons. The van der Waals surface area contributed by atoms with E-state index in [1.54, 1.807) is 7.05 Å². The lowest BCUT2D eigenvalue weighted by Gasteiger charge is -2.16. The van der Waals surface area contributed by atoms with Crippen molar-refractivity contribution in [2.24, 2.45) is 0 Å². The molecule has 9 heteroatoms. The second-order valence-electron chi connectivity index (χ2n) is 4.75. The van der Waals surface area contributed by atoms with Gasteiger partial charge in [0.1, 0.15) is 0 Å². The van der Waals surface area contributed by atoms with Crippen molar-refractivity contribution in [3.8, 4) is 6.01 Å². The number of nitrogens with one attached hydrogen (secondary N) is 1. The lowest BCUT2D eigenvalue weighted by Crippen LogP contribution is -2.22. The SMILES string of the molecule is CNc1nc(OCCCC(F)(F)F)nc(N2CCCC2)n1. The maximum Gasteiger partial charge on any atom is 0.389 e. The molecule has 0 atom stereocenters. The lowest BCUT2D eigenvalue weighted by atomic mass is 10.3. The first-order valence-corrected chi connectivity index (χ1v) is 6.86. The minimum atomic E-state index is -4.17. The Balaban J connectivity index is 1.96. The van der Waals surface area contributed by atoms with Crippen molar-refractivity contribution in [1.29, 1.82) is 0 Å². The first-order valence-electron chi connectivity index (χ1n) is 6.86. The van der Waals surface area contributed by atoms with Gasteiger partial charge in [0.15, 0.2) is 0 Å². The molecule has 0 aromatic carbocycles. The molecular weight excluding hydrogens is 287 g/mol. The molecule has 118 valence electrons. The molecule has 0 unspecified atom stereocenters. The summed E-state index contributed by atoms with van der Waals surface area (Å²) < 4.78 is 41.4. The van der Waals surface area contributed by atoms with Gasteiger partial charge in [-0.1, -0.05) is 0 Å². The summed E-state index contributed by atoms with van der Waals surface area (Å²) in [6.45, 7) is 1.65. The van der Waals surface area contributed by atoms with E-state index in [1.807, 2.05) is 4.90 Å². The molecule has 0 aliphatic carbocycles. The average Bonchev–Trinajstić information content (AvgIpc) is 2.96. The van der Waals surface area contributed by atoms with Crippen LogP contribution in [0.3, 0.4) is 0 Å². The van der Waals surface area contributed by atoms with Crippen LogP contribution in [0.5, 0.6) is 6.01 Å². The Labute approximate surface area is 120 Å². The molecule has 1 fully saturated rings. The molecule has 2 heterocycles. The summed E-state index contributed by atoms with van der Waals surface area (Å²) in [5.41, 5.74) is 0. The summed E-state index contributed by atoms with van der Waals surface area (Å²) in [4.78, 5) is 14.4. The summed E-state index contributed by atoms with van der Waals surface area (Å²) in [7, 11) is 1.66. The summed E-state index contributed by atoms with van der Waals surface area (Å²) in [5, 5.41) is 2.80. The van der Waals surface area contributed by atoms with Crippen molar-refractivity contribution in [2.75, 3.05) is 37.0 Å².